The van der Waals surface area contributed by atoms with Crippen LogP contribution in [0, 0.1) is 11.3 Å². The maximum atomic E-state index is 11.1. The van der Waals surface area contributed by atoms with E-state index >= 15 is 0 Å². The normalized spacial score (nSPS) is 12.9. The molecule has 0 saturated heterocycles. The van der Waals surface area contributed by atoms with Crippen molar-refractivity contribution in [3.63, 3.8) is 0 Å². The largest absolute Gasteiger partial charge is 0.510 e. The monoisotopic (exact) mass is 378 g/mol. The lowest BCUT2D eigenvalue weighted by Gasteiger charge is -2.12. The Hall–Kier alpha value is -3.24. The van der Waals surface area contributed by atoms with Crippen molar-refractivity contribution in [1.29, 1.82) is 5.26 Å². The van der Waals surface area contributed by atoms with Crippen molar-refractivity contribution in [1.82, 2.24) is 9.97 Å². The first kappa shape index (κ1) is 18.5. The lowest BCUT2D eigenvalue weighted by molar-refractivity contribution is -0.114. The molecule has 0 aliphatic heterocycles. The van der Waals surface area contributed by atoms with Gasteiger partial charge in [0, 0.05) is 17.5 Å². The van der Waals surface area contributed by atoms with Gasteiger partial charge in [-0.3, -0.25) is 4.79 Å². The number of carbonyl (C=O) groups excluding carboxylic acids is 1. The number of anilines is 1. The van der Waals surface area contributed by atoms with Crippen molar-refractivity contribution in [2.24, 2.45) is 0 Å². The number of para-hydroxylation sites is 2. The van der Waals surface area contributed by atoms with E-state index in [0.29, 0.717) is 11.5 Å². The minimum Gasteiger partial charge on any atom is -0.510 e. The molecule has 1 atom stereocenters. The van der Waals surface area contributed by atoms with Gasteiger partial charge in [-0.05, 0) is 43.3 Å². The fraction of sp³-hybridized carbons (Fsp3) is 0.150. The molecule has 0 radical (unpaired) electrons. The van der Waals surface area contributed by atoms with Gasteiger partial charge in [-0.2, -0.15) is 5.26 Å². The van der Waals surface area contributed by atoms with Crippen LogP contribution in [0.1, 0.15) is 19.7 Å². The first-order chi connectivity index (χ1) is 13.0. The Kier molecular flexibility index (Phi) is 5.48. The number of aliphatic hydroxyl groups excluding tert-OH is 1. The number of rotatable bonds is 5. The number of thioether (sulfide) groups is 1. The highest BCUT2D eigenvalue weighted by atomic mass is 32.2. The number of hydrogen-bond donors (Lipinski definition) is 3. The van der Waals surface area contributed by atoms with Gasteiger partial charge in [0.1, 0.15) is 17.4 Å². The molecule has 3 N–H and O–H groups in total. The molecule has 3 aromatic rings. The topological polar surface area (TPSA) is 102 Å². The molecule has 0 spiro atoms. The smallest absolute Gasteiger partial charge is 0.221 e. The van der Waals surface area contributed by atoms with E-state index < -0.39 is 0 Å². The van der Waals surface area contributed by atoms with Gasteiger partial charge in [0.05, 0.1) is 16.3 Å². The van der Waals surface area contributed by atoms with Crippen LogP contribution in [0.4, 0.5) is 5.69 Å². The van der Waals surface area contributed by atoms with Gasteiger partial charge in [0.25, 0.3) is 0 Å². The van der Waals surface area contributed by atoms with Crippen LogP contribution in [0.3, 0.4) is 0 Å². The van der Waals surface area contributed by atoms with E-state index in [0.717, 1.165) is 15.9 Å². The summed E-state index contributed by atoms with van der Waals surface area (Å²) in [5.41, 5.74) is 2.38. The van der Waals surface area contributed by atoms with Crippen LogP contribution in [0.2, 0.25) is 0 Å². The predicted octanol–water partition coefficient (Wildman–Crippen LogP) is 4.49. The zero-order valence-electron chi connectivity index (χ0n) is 14.9. The van der Waals surface area contributed by atoms with Crippen LogP contribution in [0.5, 0.6) is 0 Å². The summed E-state index contributed by atoms with van der Waals surface area (Å²) in [4.78, 5) is 19.4. The quantitative estimate of drug-likeness (QED) is 0.345. The molecule has 0 bridgehead atoms. The van der Waals surface area contributed by atoms with Crippen LogP contribution in [0.15, 0.2) is 59.2 Å². The Morgan fingerprint density at radius 2 is 1.96 bits per heavy atom. The minimum atomic E-state index is -0.348. The fourth-order valence-electron chi connectivity index (χ4n) is 2.59. The number of benzene rings is 2. The molecule has 1 heterocycles. The van der Waals surface area contributed by atoms with E-state index in [1.54, 1.807) is 12.1 Å². The van der Waals surface area contributed by atoms with Crippen LogP contribution in [-0.4, -0.2) is 26.2 Å². The van der Waals surface area contributed by atoms with Gasteiger partial charge < -0.3 is 15.4 Å². The maximum Gasteiger partial charge on any atom is 0.221 e. The highest BCUT2D eigenvalue weighted by Crippen LogP contribution is 2.31. The molecule has 6 nitrogen and oxygen atoms in total. The van der Waals surface area contributed by atoms with E-state index in [1.807, 2.05) is 43.3 Å². The zero-order valence-corrected chi connectivity index (χ0v) is 15.7. The van der Waals surface area contributed by atoms with Crippen molar-refractivity contribution < 1.29 is 9.90 Å². The van der Waals surface area contributed by atoms with Crippen LogP contribution < -0.4 is 5.32 Å². The molecular formula is C20H18N4O2S. The lowest BCUT2D eigenvalue weighted by atomic mass is 10.2. The summed E-state index contributed by atoms with van der Waals surface area (Å²) in [7, 11) is 0. The molecule has 136 valence electrons. The summed E-state index contributed by atoms with van der Waals surface area (Å²) in [6, 6.07) is 16.8. The summed E-state index contributed by atoms with van der Waals surface area (Å²) >= 11 is 1.41. The van der Waals surface area contributed by atoms with E-state index in [2.05, 4.69) is 21.4 Å². The fourth-order valence-corrected chi connectivity index (χ4v) is 3.52. The number of fused-ring (bicyclic) bond motifs is 1. The van der Waals surface area contributed by atoms with Crippen molar-refractivity contribution in [2.45, 2.75) is 24.0 Å². The SMILES string of the molecule is CC(=O)Nc1ccc(S[C@@H](C)/C(O)=C(\C#N)c2nc3ccccc3[nH]2)cc1. The highest BCUT2D eigenvalue weighted by Gasteiger charge is 2.19. The molecule has 3 rings (SSSR count). The van der Waals surface area contributed by atoms with Gasteiger partial charge in [0.15, 0.2) is 5.82 Å². The van der Waals surface area contributed by atoms with Crippen LogP contribution in [0.25, 0.3) is 16.6 Å². The number of aromatic nitrogens is 2. The summed E-state index contributed by atoms with van der Waals surface area (Å²) in [5, 5.41) is 22.5. The van der Waals surface area contributed by atoms with E-state index in [4.69, 9.17) is 0 Å². The number of aliphatic hydroxyl groups is 1. The maximum absolute atomic E-state index is 11.1. The summed E-state index contributed by atoms with van der Waals surface area (Å²) in [6.45, 7) is 3.27. The van der Waals surface area contributed by atoms with Gasteiger partial charge in [-0.1, -0.05) is 12.1 Å². The molecule has 0 fully saturated rings. The first-order valence-electron chi connectivity index (χ1n) is 8.30. The molecule has 0 unspecified atom stereocenters. The van der Waals surface area contributed by atoms with Gasteiger partial charge >= 0.3 is 0 Å². The van der Waals surface area contributed by atoms with E-state index in [1.165, 1.54) is 18.7 Å². The van der Waals surface area contributed by atoms with Gasteiger partial charge in [0.2, 0.25) is 5.91 Å². The highest BCUT2D eigenvalue weighted by molar-refractivity contribution is 8.00. The number of aromatic amines is 1. The number of allylic oxidation sites excluding steroid dienone is 1. The number of carbonyl (C=O) groups is 1. The number of imidazole rings is 1. The first-order valence-corrected chi connectivity index (χ1v) is 9.18. The Morgan fingerprint density at radius 1 is 1.26 bits per heavy atom. The summed E-state index contributed by atoms with van der Waals surface area (Å²) in [6.07, 6.45) is 0. The van der Waals surface area contributed by atoms with Crippen molar-refractivity contribution in [3.8, 4) is 6.07 Å². The molecule has 0 saturated carbocycles. The average molecular weight is 378 g/mol. The van der Waals surface area contributed by atoms with Gasteiger partial charge in [-0.25, -0.2) is 4.98 Å². The van der Waals surface area contributed by atoms with E-state index in [-0.39, 0.29) is 22.5 Å². The average Bonchev–Trinajstić information content (AvgIpc) is 3.07. The molecule has 1 amide bonds. The Morgan fingerprint density at radius 3 is 2.59 bits per heavy atom. The molecule has 2 aromatic carbocycles. The molecule has 27 heavy (non-hydrogen) atoms. The third-order valence-corrected chi connectivity index (χ3v) is 4.99. The van der Waals surface area contributed by atoms with Crippen molar-refractivity contribution in [2.75, 3.05) is 5.32 Å². The minimum absolute atomic E-state index is 0.0347. The van der Waals surface area contributed by atoms with Crippen molar-refractivity contribution in [3.05, 3.63) is 60.1 Å². The molecular weight excluding hydrogens is 360 g/mol. The predicted molar refractivity (Wildman–Crippen MR) is 107 cm³/mol. The zero-order chi connectivity index (χ0) is 19.4. The third kappa shape index (κ3) is 4.30. The lowest BCUT2D eigenvalue weighted by Crippen LogP contribution is -2.06. The number of amides is 1. The second-order valence-corrected chi connectivity index (χ2v) is 7.35. The number of nitrogens with one attached hydrogen (secondary N) is 2. The molecule has 0 aliphatic rings. The molecule has 0 aliphatic carbocycles. The van der Waals surface area contributed by atoms with Crippen molar-refractivity contribution >= 4 is 40.0 Å². The van der Waals surface area contributed by atoms with E-state index in [9.17, 15) is 15.2 Å². The molecule has 7 heteroatoms. The summed E-state index contributed by atoms with van der Waals surface area (Å²) < 4.78 is 0. The Bertz CT molecular complexity index is 1010. The number of hydrogen-bond acceptors (Lipinski definition) is 5. The summed E-state index contributed by atoms with van der Waals surface area (Å²) in [5.74, 6) is 0.186. The standard InChI is InChI=1S/C20H18N4O2S/c1-12(27-15-9-7-14(8-10-15)22-13(2)25)19(26)16(11-21)20-23-17-5-3-4-6-18(17)24-20/h3-10,12,26H,1-2H3,(H,22,25)(H,23,24)/b19-16-/t12-/m0/s1. The Balaban J connectivity index is 1.82. The van der Waals surface area contributed by atoms with Crippen LogP contribution >= 0.6 is 11.8 Å². The number of H-pyrrole nitrogens is 1. The number of nitriles is 1. The number of nitrogens with zero attached hydrogens (tertiary/aromatic N) is 2. The second kappa shape index (κ2) is 7.98. The van der Waals surface area contributed by atoms with Crippen LogP contribution in [-0.2, 0) is 4.79 Å². The third-order valence-electron chi connectivity index (χ3n) is 3.87. The second-order valence-electron chi connectivity index (χ2n) is 5.94. The Labute approximate surface area is 160 Å². The van der Waals surface area contributed by atoms with Gasteiger partial charge in [-0.15, -0.1) is 11.8 Å². The molecule has 1 aromatic heterocycles.